The maximum atomic E-state index is 13.3. The van der Waals surface area contributed by atoms with Gasteiger partial charge in [0.25, 0.3) is 0 Å². The Morgan fingerprint density at radius 3 is 2.71 bits per heavy atom. The minimum absolute atomic E-state index is 0.229. The average molecular weight is 239 g/mol. The molecule has 0 bridgehead atoms. The Labute approximate surface area is 103 Å². The highest BCUT2D eigenvalue weighted by Gasteiger charge is 2.01. The normalized spacial score (nSPS) is 10.5. The van der Waals surface area contributed by atoms with E-state index >= 15 is 0 Å². The second kappa shape index (κ2) is 8.07. The van der Waals surface area contributed by atoms with Crippen molar-refractivity contribution in [1.29, 1.82) is 0 Å². The van der Waals surface area contributed by atoms with Crippen LogP contribution in [0.5, 0.6) is 5.75 Å². The molecule has 1 rings (SSSR count). The third-order valence-corrected chi connectivity index (χ3v) is 2.45. The van der Waals surface area contributed by atoms with Crippen molar-refractivity contribution >= 4 is 0 Å². The molecule has 0 aromatic heterocycles. The molecule has 1 aromatic carbocycles. The van der Waals surface area contributed by atoms with Crippen LogP contribution in [0.4, 0.5) is 4.39 Å². The number of nitrogens with one attached hydrogen (secondary N) is 1. The monoisotopic (exact) mass is 239 g/mol. The van der Waals surface area contributed by atoms with Crippen LogP contribution in [-0.2, 0) is 6.54 Å². The molecule has 0 heterocycles. The zero-order chi connectivity index (χ0) is 12.5. The van der Waals surface area contributed by atoms with Gasteiger partial charge in [-0.1, -0.05) is 20.3 Å². The van der Waals surface area contributed by atoms with Crippen molar-refractivity contribution in [3.63, 3.8) is 0 Å². The van der Waals surface area contributed by atoms with Gasteiger partial charge in [0, 0.05) is 12.6 Å². The number of benzene rings is 1. The second-order valence-electron chi connectivity index (χ2n) is 4.17. The average Bonchev–Trinajstić information content (AvgIpc) is 2.29. The smallest absolute Gasteiger partial charge is 0.127 e. The van der Waals surface area contributed by atoms with Gasteiger partial charge in [-0.05, 0) is 37.1 Å². The van der Waals surface area contributed by atoms with E-state index in [2.05, 4.69) is 19.2 Å². The van der Waals surface area contributed by atoms with Gasteiger partial charge in [-0.25, -0.2) is 4.39 Å². The van der Waals surface area contributed by atoms with Crippen molar-refractivity contribution in [2.24, 2.45) is 0 Å². The number of halogens is 1. The fourth-order valence-electron chi connectivity index (χ4n) is 1.55. The lowest BCUT2D eigenvalue weighted by Crippen LogP contribution is -2.14. The fourth-order valence-corrected chi connectivity index (χ4v) is 1.55. The first kappa shape index (κ1) is 14.0. The molecule has 1 aromatic rings. The molecule has 0 unspecified atom stereocenters. The molecule has 96 valence electrons. The predicted octanol–water partition coefficient (Wildman–Crippen LogP) is 3.50. The highest BCUT2D eigenvalue weighted by atomic mass is 19.1. The summed E-state index contributed by atoms with van der Waals surface area (Å²) < 4.78 is 18.8. The van der Waals surface area contributed by atoms with Gasteiger partial charge in [-0.15, -0.1) is 0 Å². The third-order valence-electron chi connectivity index (χ3n) is 2.45. The Morgan fingerprint density at radius 1 is 1.18 bits per heavy atom. The zero-order valence-electron chi connectivity index (χ0n) is 10.8. The Bertz CT molecular complexity index is 300. The number of hydrogen-bond acceptors (Lipinski definition) is 2. The number of ether oxygens (including phenoxy) is 1. The Hall–Kier alpha value is -1.09. The van der Waals surface area contributed by atoms with Crippen molar-refractivity contribution in [2.75, 3.05) is 13.2 Å². The van der Waals surface area contributed by atoms with Crippen LogP contribution in [0.2, 0.25) is 0 Å². The van der Waals surface area contributed by atoms with Crippen LogP contribution in [0.3, 0.4) is 0 Å². The number of rotatable bonds is 8. The maximum absolute atomic E-state index is 13.3. The standard InChI is InChI=1S/C14H22FNO/c1-3-5-7-17-14-9-12(8-13(15)10-14)11-16-6-4-2/h8-10,16H,3-7,11H2,1-2H3. The fraction of sp³-hybridized carbons (Fsp3) is 0.571. The summed E-state index contributed by atoms with van der Waals surface area (Å²) >= 11 is 0. The first-order chi connectivity index (χ1) is 8.26. The molecule has 0 fully saturated rings. The largest absolute Gasteiger partial charge is 0.493 e. The summed E-state index contributed by atoms with van der Waals surface area (Å²) in [5, 5.41) is 3.25. The first-order valence-corrected chi connectivity index (χ1v) is 6.39. The lowest BCUT2D eigenvalue weighted by Gasteiger charge is -2.09. The van der Waals surface area contributed by atoms with E-state index in [1.54, 1.807) is 6.07 Å². The molecule has 17 heavy (non-hydrogen) atoms. The van der Waals surface area contributed by atoms with Gasteiger partial charge in [-0.3, -0.25) is 0 Å². The lowest BCUT2D eigenvalue weighted by molar-refractivity contribution is 0.307. The Morgan fingerprint density at radius 2 is 2.00 bits per heavy atom. The number of unbranched alkanes of at least 4 members (excludes halogenated alkanes) is 1. The van der Waals surface area contributed by atoms with Crippen molar-refractivity contribution in [3.05, 3.63) is 29.6 Å². The van der Waals surface area contributed by atoms with Crippen molar-refractivity contribution in [1.82, 2.24) is 5.32 Å². The molecular weight excluding hydrogens is 217 g/mol. The van der Waals surface area contributed by atoms with E-state index in [1.165, 1.54) is 6.07 Å². The number of hydrogen-bond donors (Lipinski definition) is 1. The summed E-state index contributed by atoms with van der Waals surface area (Å²) in [6.07, 6.45) is 3.16. The molecule has 0 aliphatic rings. The molecule has 0 radical (unpaired) electrons. The van der Waals surface area contributed by atoms with E-state index in [-0.39, 0.29) is 5.82 Å². The van der Waals surface area contributed by atoms with E-state index in [0.29, 0.717) is 18.9 Å². The molecule has 2 nitrogen and oxygen atoms in total. The van der Waals surface area contributed by atoms with Crippen LogP contribution in [0, 0.1) is 5.82 Å². The van der Waals surface area contributed by atoms with Crippen LogP contribution in [0.15, 0.2) is 18.2 Å². The molecule has 1 N–H and O–H groups in total. The van der Waals surface area contributed by atoms with E-state index in [4.69, 9.17) is 4.74 Å². The SMILES string of the molecule is CCCCOc1cc(F)cc(CNCCC)c1. The van der Waals surface area contributed by atoms with Crippen LogP contribution in [0.25, 0.3) is 0 Å². The highest BCUT2D eigenvalue weighted by molar-refractivity contribution is 5.29. The molecule has 0 atom stereocenters. The maximum Gasteiger partial charge on any atom is 0.127 e. The molecule has 0 saturated heterocycles. The van der Waals surface area contributed by atoms with Gasteiger partial charge in [0.1, 0.15) is 11.6 Å². The summed E-state index contributed by atoms with van der Waals surface area (Å²) in [6, 6.07) is 4.90. The lowest BCUT2D eigenvalue weighted by atomic mass is 10.2. The van der Waals surface area contributed by atoms with Gasteiger partial charge < -0.3 is 10.1 Å². The molecule has 0 amide bonds. The summed E-state index contributed by atoms with van der Waals surface area (Å²) in [6.45, 7) is 6.51. The van der Waals surface area contributed by atoms with Crippen molar-refractivity contribution in [3.8, 4) is 5.75 Å². The van der Waals surface area contributed by atoms with Crippen LogP contribution in [-0.4, -0.2) is 13.2 Å². The Balaban J connectivity index is 2.53. The summed E-state index contributed by atoms with van der Waals surface area (Å²) in [5.41, 5.74) is 0.935. The van der Waals surface area contributed by atoms with Gasteiger partial charge in [0.05, 0.1) is 6.61 Å². The summed E-state index contributed by atoms with van der Waals surface area (Å²) in [4.78, 5) is 0. The third kappa shape index (κ3) is 5.68. The van der Waals surface area contributed by atoms with Gasteiger partial charge in [0.2, 0.25) is 0 Å². The molecule has 0 aliphatic heterocycles. The van der Waals surface area contributed by atoms with Crippen molar-refractivity contribution in [2.45, 2.75) is 39.7 Å². The van der Waals surface area contributed by atoms with E-state index in [9.17, 15) is 4.39 Å². The summed E-state index contributed by atoms with van der Waals surface area (Å²) in [7, 11) is 0. The Kier molecular flexibility index (Phi) is 6.63. The summed E-state index contributed by atoms with van der Waals surface area (Å²) in [5.74, 6) is 0.402. The minimum Gasteiger partial charge on any atom is -0.493 e. The minimum atomic E-state index is -0.229. The first-order valence-electron chi connectivity index (χ1n) is 6.39. The molecule has 3 heteroatoms. The van der Waals surface area contributed by atoms with Crippen molar-refractivity contribution < 1.29 is 9.13 Å². The topological polar surface area (TPSA) is 21.3 Å². The molecule has 0 spiro atoms. The van der Waals surface area contributed by atoms with Gasteiger partial charge in [-0.2, -0.15) is 0 Å². The molecule has 0 saturated carbocycles. The highest BCUT2D eigenvalue weighted by Crippen LogP contribution is 2.16. The van der Waals surface area contributed by atoms with Gasteiger partial charge in [0.15, 0.2) is 0 Å². The van der Waals surface area contributed by atoms with E-state index in [1.807, 2.05) is 6.07 Å². The zero-order valence-corrected chi connectivity index (χ0v) is 10.8. The van der Waals surface area contributed by atoms with Crippen LogP contribution < -0.4 is 10.1 Å². The van der Waals surface area contributed by atoms with Crippen LogP contribution >= 0.6 is 0 Å². The molecule has 0 aliphatic carbocycles. The molecular formula is C14H22FNO. The second-order valence-corrected chi connectivity index (χ2v) is 4.17. The quantitative estimate of drug-likeness (QED) is 0.701. The van der Waals surface area contributed by atoms with Gasteiger partial charge >= 0.3 is 0 Å². The van der Waals surface area contributed by atoms with E-state index < -0.39 is 0 Å². The predicted molar refractivity (Wildman–Crippen MR) is 68.8 cm³/mol. The van der Waals surface area contributed by atoms with Crippen LogP contribution in [0.1, 0.15) is 38.7 Å². The van der Waals surface area contributed by atoms with E-state index in [0.717, 1.165) is 31.4 Å².